The van der Waals surface area contributed by atoms with E-state index in [1.807, 2.05) is 0 Å². The standard InChI is InChI=1S/C7H4Cl4O2S/c8-5-3-1-2-4-6(5)14(12,13)7(9,10)11/h1-4H. The van der Waals surface area contributed by atoms with Crippen LogP contribution in [0.25, 0.3) is 0 Å². The maximum absolute atomic E-state index is 11.6. The molecule has 14 heavy (non-hydrogen) atoms. The van der Waals surface area contributed by atoms with Crippen molar-refractivity contribution < 1.29 is 8.42 Å². The minimum Gasteiger partial charge on any atom is -0.219 e. The van der Waals surface area contributed by atoms with Crippen molar-refractivity contribution in [3.63, 3.8) is 0 Å². The van der Waals surface area contributed by atoms with Crippen LogP contribution in [0.15, 0.2) is 29.2 Å². The zero-order valence-electron chi connectivity index (χ0n) is 6.55. The molecule has 0 bridgehead atoms. The second kappa shape index (κ2) is 4.06. The maximum atomic E-state index is 11.6. The van der Waals surface area contributed by atoms with E-state index in [-0.39, 0.29) is 9.92 Å². The summed E-state index contributed by atoms with van der Waals surface area (Å²) in [7, 11) is -4.04. The molecule has 1 aromatic rings. The molecule has 0 atom stereocenters. The molecule has 0 aliphatic rings. The summed E-state index contributed by atoms with van der Waals surface area (Å²) in [4.78, 5) is -0.193. The minimum atomic E-state index is -4.04. The van der Waals surface area contributed by atoms with E-state index in [1.54, 1.807) is 6.07 Å². The first-order valence-electron chi connectivity index (χ1n) is 3.32. The van der Waals surface area contributed by atoms with Gasteiger partial charge in [-0.2, -0.15) is 0 Å². The SMILES string of the molecule is O=S(=O)(c1ccccc1Cl)C(Cl)(Cl)Cl. The van der Waals surface area contributed by atoms with Crippen molar-refractivity contribution in [3.8, 4) is 0 Å². The van der Waals surface area contributed by atoms with Crippen molar-refractivity contribution in [2.75, 3.05) is 0 Å². The lowest BCUT2D eigenvalue weighted by atomic mass is 10.4. The van der Waals surface area contributed by atoms with Crippen molar-refractivity contribution in [1.29, 1.82) is 0 Å². The fourth-order valence-electron chi connectivity index (χ4n) is 0.787. The highest BCUT2D eigenvalue weighted by atomic mass is 35.6. The summed E-state index contributed by atoms with van der Waals surface area (Å²) in [6.45, 7) is 0. The molecule has 7 heteroatoms. The van der Waals surface area contributed by atoms with Gasteiger partial charge in [-0.05, 0) is 12.1 Å². The van der Waals surface area contributed by atoms with Crippen LogP contribution in [0.3, 0.4) is 0 Å². The predicted molar refractivity (Wildman–Crippen MR) is 58.9 cm³/mol. The number of alkyl halides is 3. The third-order valence-electron chi connectivity index (χ3n) is 1.43. The van der Waals surface area contributed by atoms with E-state index < -0.39 is 13.0 Å². The Hall–Kier alpha value is 0.330. The van der Waals surface area contributed by atoms with Crippen molar-refractivity contribution in [3.05, 3.63) is 29.3 Å². The molecule has 0 aliphatic carbocycles. The molecular weight excluding hydrogens is 290 g/mol. The summed E-state index contributed by atoms with van der Waals surface area (Å²) >= 11 is 21.6. The van der Waals surface area contributed by atoms with Gasteiger partial charge in [0.15, 0.2) is 0 Å². The monoisotopic (exact) mass is 292 g/mol. The zero-order valence-corrected chi connectivity index (χ0v) is 10.4. The Morgan fingerprint density at radius 3 is 2.00 bits per heavy atom. The zero-order chi connectivity index (χ0) is 11.0. The highest BCUT2D eigenvalue weighted by Gasteiger charge is 2.40. The van der Waals surface area contributed by atoms with Crippen LogP contribution < -0.4 is 0 Å². The molecule has 78 valence electrons. The smallest absolute Gasteiger partial charge is 0.219 e. The summed E-state index contributed by atoms with van der Waals surface area (Å²) in [5, 5.41) is 0.0267. The van der Waals surface area contributed by atoms with Gasteiger partial charge in [0, 0.05) is 0 Å². The molecule has 0 spiro atoms. The molecule has 1 rings (SSSR count). The Bertz CT molecular complexity index is 435. The van der Waals surface area contributed by atoms with Crippen LogP contribution in [-0.2, 0) is 9.84 Å². The van der Waals surface area contributed by atoms with Crippen LogP contribution in [0.5, 0.6) is 0 Å². The number of benzene rings is 1. The fourth-order valence-corrected chi connectivity index (χ4v) is 2.81. The largest absolute Gasteiger partial charge is 0.297 e. The molecule has 0 fully saturated rings. The van der Waals surface area contributed by atoms with Crippen LogP contribution >= 0.6 is 46.4 Å². The van der Waals surface area contributed by atoms with Gasteiger partial charge in [0.2, 0.25) is 9.84 Å². The molecule has 0 radical (unpaired) electrons. The van der Waals surface area contributed by atoms with Crippen LogP contribution in [-0.4, -0.2) is 11.5 Å². The lowest BCUT2D eigenvalue weighted by Crippen LogP contribution is -2.19. The minimum absolute atomic E-state index is 0.0267. The van der Waals surface area contributed by atoms with E-state index >= 15 is 0 Å². The van der Waals surface area contributed by atoms with Gasteiger partial charge in [-0.1, -0.05) is 58.5 Å². The van der Waals surface area contributed by atoms with E-state index in [0.29, 0.717) is 0 Å². The third-order valence-corrected chi connectivity index (χ3v) is 5.25. The van der Waals surface area contributed by atoms with Gasteiger partial charge in [-0.25, -0.2) is 8.42 Å². The van der Waals surface area contributed by atoms with Crippen LogP contribution in [0.2, 0.25) is 5.02 Å². The third kappa shape index (κ3) is 2.28. The molecular formula is C7H4Cl4O2S. The van der Waals surface area contributed by atoms with Gasteiger partial charge in [0.25, 0.3) is 3.12 Å². The second-order valence-electron chi connectivity index (χ2n) is 2.38. The first-order chi connectivity index (χ1) is 6.27. The topological polar surface area (TPSA) is 34.1 Å². The Morgan fingerprint density at radius 2 is 1.57 bits per heavy atom. The van der Waals surface area contributed by atoms with Crippen LogP contribution in [0, 0.1) is 0 Å². The van der Waals surface area contributed by atoms with E-state index in [4.69, 9.17) is 46.4 Å². The Labute approximate surface area is 102 Å². The fraction of sp³-hybridized carbons (Fsp3) is 0.143. The van der Waals surface area contributed by atoms with Gasteiger partial charge in [0.1, 0.15) is 0 Å². The average molecular weight is 294 g/mol. The molecule has 0 amide bonds. The Morgan fingerprint density at radius 1 is 1.07 bits per heavy atom. The summed E-state index contributed by atoms with van der Waals surface area (Å²) in [5.41, 5.74) is 0. The van der Waals surface area contributed by atoms with Gasteiger partial charge in [-0.3, -0.25) is 0 Å². The normalized spacial score (nSPS) is 12.9. The first kappa shape index (κ1) is 12.4. The molecule has 0 N–H and O–H groups in total. The summed E-state index contributed by atoms with van der Waals surface area (Å²) in [6, 6.07) is 5.76. The highest BCUT2D eigenvalue weighted by molar-refractivity contribution is 7.97. The van der Waals surface area contributed by atoms with E-state index in [2.05, 4.69) is 0 Å². The lowest BCUT2D eigenvalue weighted by Gasteiger charge is -2.12. The Kier molecular flexibility index (Phi) is 3.60. The number of hydrogen-bond donors (Lipinski definition) is 0. The van der Waals surface area contributed by atoms with E-state index in [1.165, 1.54) is 18.2 Å². The molecule has 0 aliphatic heterocycles. The highest BCUT2D eigenvalue weighted by Crippen LogP contribution is 2.39. The maximum Gasteiger partial charge on any atom is 0.297 e. The molecule has 0 saturated carbocycles. The first-order valence-corrected chi connectivity index (χ1v) is 6.32. The van der Waals surface area contributed by atoms with Crippen molar-refractivity contribution in [2.24, 2.45) is 0 Å². The molecule has 1 aromatic carbocycles. The van der Waals surface area contributed by atoms with Crippen molar-refractivity contribution in [2.45, 2.75) is 8.02 Å². The number of hydrogen-bond acceptors (Lipinski definition) is 2. The second-order valence-corrected chi connectivity index (χ2v) is 7.80. The van der Waals surface area contributed by atoms with Crippen molar-refractivity contribution in [1.82, 2.24) is 0 Å². The molecule has 0 heterocycles. The predicted octanol–water partition coefficient (Wildman–Crippen LogP) is 3.44. The average Bonchev–Trinajstić information content (AvgIpc) is 2.02. The molecule has 0 unspecified atom stereocenters. The van der Waals surface area contributed by atoms with Crippen molar-refractivity contribution >= 4 is 56.2 Å². The molecule has 0 saturated heterocycles. The summed E-state index contributed by atoms with van der Waals surface area (Å²) in [5.74, 6) is 0. The van der Waals surface area contributed by atoms with E-state index in [0.717, 1.165) is 0 Å². The van der Waals surface area contributed by atoms with Gasteiger partial charge in [-0.15, -0.1) is 0 Å². The van der Waals surface area contributed by atoms with Crippen LogP contribution in [0.1, 0.15) is 0 Å². The molecule has 2 nitrogen and oxygen atoms in total. The summed E-state index contributed by atoms with van der Waals surface area (Å²) < 4.78 is 20.8. The van der Waals surface area contributed by atoms with Gasteiger partial charge in [0.05, 0.1) is 9.92 Å². The summed E-state index contributed by atoms with van der Waals surface area (Å²) in [6.07, 6.45) is 0. The van der Waals surface area contributed by atoms with Gasteiger partial charge >= 0.3 is 0 Å². The number of sulfone groups is 1. The van der Waals surface area contributed by atoms with Gasteiger partial charge < -0.3 is 0 Å². The lowest BCUT2D eigenvalue weighted by molar-refractivity contribution is 0.596. The number of rotatable bonds is 1. The Balaban J connectivity index is 3.40. The number of halogens is 4. The quantitative estimate of drug-likeness (QED) is 0.743. The van der Waals surface area contributed by atoms with Crippen LogP contribution in [0.4, 0.5) is 0 Å². The molecule has 0 aromatic heterocycles. The van der Waals surface area contributed by atoms with E-state index in [9.17, 15) is 8.42 Å².